The molecule has 18 heavy (non-hydrogen) atoms. The van der Waals surface area contributed by atoms with E-state index in [0.29, 0.717) is 22.7 Å². The number of hydrogen-bond donors (Lipinski definition) is 1. The summed E-state index contributed by atoms with van der Waals surface area (Å²) in [6, 6.07) is 4.44. The zero-order valence-corrected chi connectivity index (χ0v) is 11.0. The van der Waals surface area contributed by atoms with Crippen LogP contribution in [0, 0.1) is 12.7 Å². The smallest absolute Gasteiger partial charge is 0.132 e. The molecule has 1 heterocycles. The van der Waals surface area contributed by atoms with Crippen LogP contribution in [0.1, 0.15) is 11.5 Å². The molecule has 0 aliphatic rings. The molecule has 0 aliphatic carbocycles. The third-order valence-corrected chi connectivity index (χ3v) is 3.12. The van der Waals surface area contributed by atoms with Gasteiger partial charge in [0.2, 0.25) is 0 Å². The molecule has 1 aromatic carbocycles. The average Bonchev–Trinajstić information content (AvgIpc) is 2.59. The predicted octanol–water partition coefficient (Wildman–Crippen LogP) is 2.72. The second-order valence-electron chi connectivity index (χ2n) is 4.12. The van der Waals surface area contributed by atoms with Crippen molar-refractivity contribution in [3.8, 4) is 11.3 Å². The normalized spacial score (nSPS) is 10.9. The summed E-state index contributed by atoms with van der Waals surface area (Å²) in [5.74, 6) is 0.394. The van der Waals surface area contributed by atoms with Gasteiger partial charge in [-0.05, 0) is 25.1 Å². The van der Waals surface area contributed by atoms with E-state index in [-0.39, 0.29) is 12.4 Å². The summed E-state index contributed by atoms with van der Waals surface area (Å²) in [4.78, 5) is 4.34. The molecule has 1 aromatic heterocycles. The summed E-state index contributed by atoms with van der Waals surface area (Å²) in [5.41, 5.74) is 1.85. The van der Waals surface area contributed by atoms with Gasteiger partial charge in [-0.2, -0.15) is 0 Å². The van der Waals surface area contributed by atoms with Crippen molar-refractivity contribution in [2.24, 2.45) is 7.05 Å². The predicted molar refractivity (Wildman–Crippen MR) is 69.1 cm³/mol. The van der Waals surface area contributed by atoms with Crippen molar-refractivity contribution < 1.29 is 9.50 Å². The molecule has 1 N–H and O–H groups in total. The number of benzene rings is 1. The van der Waals surface area contributed by atoms with Gasteiger partial charge >= 0.3 is 0 Å². The van der Waals surface area contributed by atoms with Crippen molar-refractivity contribution in [3.05, 3.63) is 40.6 Å². The molecule has 2 aromatic rings. The number of aryl methyl sites for hydroxylation is 1. The van der Waals surface area contributed by atoms with E-state index < -0.39 is 0 Å². The van der Waals surface area contributed by atoms with Crippen molar-refractivity contribution in [2.75, 3.05) is 6.61 Å². The zero-order chi connectivity index (χ0) is 13.3. The topological polar surface area (TPSA) is 38.1 Å². The van der Waals surface area contributed by atoms with Gasteiger partial charge in [0, 0.05) is 24.1 Å². The lowest BCUT2D eigenvalue weighted by Gasteiger charge is -2.08. The summed E-state index contributed by atoms with van der Waals surface area (Å²) in [7, 11) is 1.81. The summed E-state index contributed by atoms with van der Waals surface area (Å²) < 4.78 is 15.7. The van der Waals surface area contributed by atoms with E-state index in [1.165, 1.54) is 12.1 Å². The molecule has 96 valence electrons. The van der Waals surface area contributed by atoms with Gasteiger partial charge in [0.1, 0.15) is 11.6 Å². The summed E-state index contributed by atoms with van der Waals surface area (Å²) in [6.45, 7) is 1.83. The van der Waals surface area contributed by atoms with Crippen LogP contribution in [0.2, 0.25) is 5.02 Å². The van der Waals surface area contributed by atoms with Crippen LogP contribution < -0.4 is 0 Å². The van der Waals surface area contributed by atoms with Gasteiger partial charge in [-0.25, -0.2) is 9.37 Å². The Morgan fingerprint density at radius 3 is 2.83 bits per heavy atom. The Labute approximate surface area is 110 Å². The number of aliphatic hydroxyl groups is 1. The van der Waals surface area contributed by atoms with Crippen molar-refractivity contribution in [1.29, 1.82) is 0 Å². The Morgan fingerprint density at radius 1 is 1.44 bits per heavy atom. The monoisotopic (exact) mass is 268 g/mol. The highest BCUT2D eigenvalue weighted by Gasteiger charge is 2.16. The fraction of sp³-hybridized carbons (Fsp3) is 0.308. The molecule has 0 radical (unpaired) electrons. The van der Waals surface area contributed by atoms with E-state index in [1.54, 1.807) is 17.7 Å². The lowest BCUT2D eigenvalue weighted by atomic mass is 10.1. The number of nitrogens with zero attached hydrogens (tertiary/aromatic N) is 2. The van der Waals surface area contributed by atoms with Gasteiger partial charge in [0.25, 0.3) is 0 Å². The minimum Gasteiger partial charge on any atom is -0.396 e. The van der Waals surface area contributed by atoms with E-state index in [1.807, 2.05) is 6.92 Å². The van der Waals surface area contributed by atoms with E-state index >= 15 is 0 Å². The van der Waals surface area contributed by atoms with Crippen LogP contribution in [0.5, 0.6) is 0 Å². The number of halogens is 2. The fourth-order valence-corrected chi connectivity index (χ4v) is 2.24. The first-order valence-electron chi connectivity index (χ1n) is 5.63. The van der Waals surface area contributed by atoms with Crippen LogP contribution >= 0.6 is 11.6 Å². The zero-order valence-electron chi connectivity index (χ0n) is 10.2. The van der Waals surface area contributed by atoms with Gasteiger partial charge in [-0.1, -0.05) is 11.6 Å². The van der Waals surface area contributed by atoms with Crippen LogP contribution in [0.15, 0.2) is 18.2 Å². The summed E-state index contributed by atoms with van der Waals surface area (Å²) >= 11 is 5.90. The van der Waals surface area contributed by atoms with Crippen molar-refractivity contribution in [3.63, 3.8) is 0 Å². The van der Waals surface area contributed by atoms with E-state index in [9.17, 15) is 4.39 Å². The molecule has 0 amide bonds. The first kappa shape index (κ1) is 13.1. The maximum atomic E-state index is 13.9. The Hall–Kier alpha value is -1.39. The molecule has 0 bridgehead atoms. The second-order valence-corrected chi connectivity index (χ2v) is 4.56. The summed E-state index contributed by atoms with van der Waals surface area (Å²) in [6.07, 6.45) is 0.444. The minimum atomic E-state index is -0.332. The number of imidazole rings is 1. The molecule has 0 spiro atoms. The van der Waals surface area contributed by atoms with Crippen LogP contribution in [-0.4, -0.2) is 21.3 Å². The van der Waals surface area contributed by atoms with Crippen molar-refractivity contribution in [2.45, 2.75) is 13.3 Å². The number of hydrogen-bond acceptors (Lipinski definition) is 2. The molecular weight excluding hydrogens is 255 g/mol. The van der Waals surface area contributed by atoms with Crippen LogP contribution in [0.4, 0.5) is 4.39 Å². The van der Waals surface area contributed by atoms with Crippen LogP contribution in [-0.2, 0) is 13.5 Å². The molecule has 0 atom stereocenters. The van der Waals surface area contributed by atoms with Gasteiger partial charge in [-0.15, -0.1) is 0 Å². The standard InChI is InChI=1S/C13H14ClFN2O/c1-8-13(17(2)12(16-8)5-6-18)10-7-9(14)3-4-11(10)15/h3-4,7,18H,5-6H2,1-2H3. The van der Waals surface area contributed by atoms with Crippen LogP contribution in [0.3, 0.4) is 0 Å². The molecule has 0 saturated carbocycles. The third-order valence-electron chi connectivity index (χ3n) is 2.88. The number of aromatic nitrogens is 2. The van der Waals surface area contributed by atoms with Gasteiger partial charge in [0.15, 0.2) is 0 Å². The van der Waals surface area contributed by atoms with Gasteiger partial charge in [0.05, 0.1) is 18.0 Å². The number of aliphatic hydroxyl groups excluding tert-OH is 1. The highest BCUT2D eigenvalue weighted by molar-refractivity contribution is 6.30. The molecule has 0 saturated heterocycles. The van der Waals surface area contributed by atoms with Crippen LogP contribution in [0.25, 0.3) is 11.3 Å². The Balaban J connectivity index is 2.60. The maximum Gasteiger partial charge on any atom is 0.132 e. The highest BCUT2D eigenvalue weighted by Crippen LogP contribution is 2.29. The highest BCUT2D eigenvalue weighted by atomic mass is 35.5. The van der Waals surface area contributed by atoms with Gasteiger partial charge in [-0.3, -0.25) is 0 Å². The lowest BCUT2D eigenvalue weighted by Crippen LogP contribution is -2.02. The quantitative estimate of drug-likeness (QED) is 0.929. The molecule has 0 fully saturated rings. The molecule has 5 heteroatoms. The van der Waals surface area contributed by atoms with E-state index in [2.05, 4.69) is 4.98 Å². The Bertz CT molecular complexity index is 581. The largest absolute Gasteiger partial charge is 0.396 e. The Kier molecular flexibility index (Phi) is 3.68. The van der Waals surface area contributed by atoms with E-state index in [4.69, 9.17) is 16.7 Å². The first-order valence-corrected chi connectivity index (χ1v) is 6.01. The second kappa shape index (κ2) is 5.08. The molecule has 2 rings (SSSR count). The van der Waals surface area contributed by atoms with Crippen molar-refractivity contribution >= 4 is 11.6 Å². The fourth-order valence-electron chi connectivity index (χ4n) is 2.07. The Morgan fingerprint density at radius 2 is 2.17 bits per heavy atom. The lowest BCUT2D eigenvalue weighted by molar-refractivity contribution is 0.295. The van der Waals surface area contributed by atoms with Gasteiger partial charge < -0.3 is 9.67 Å². The van der Waals surface area contributed by atoms with Crippen molar-refractivity contribution in [1.82, 2.24) is 9.55 Å². The SMILES string of the molecule is Cc1nc(CCO)n(C)c1-c1cc(Cl)ccc1F. The average molecular weight is 269 g/mol. The molecular formula is C13H14ClFN2O. The third kappa shape index (κ3) is 2.26. The van der Waals surface area contributed by atoms with E-state index in [0.717, 1.165) is 11.5 Å². The molecule has 0 unspecified atom stereocenters. The maximum absolute atomic E-state index is 13.9. The summed E-state index contributed by atoms with van der Waals surface area (Å²) in [5, 5.41) is 9.45. The first-order chi connectivity index (χ1) is 8.54. The minimum absolute atomic E-state index is 0.0156. The molecule has 3 nitrogen and oxygen atoms in total. The number of rotatable bonds is 3. The molecule has 0 aliphatic heterocycles.